The van der Waals surface area contributed by atoms with Gasteiger partial charge in [-0.25, -0.2) is 4.98 Å². The number of carbonyl (C=O) groups excluding carboxylic acids is 2. The standard InChI is InChI=1S/C20H25F3N4O2S/c1-13-14(2)30-19(24-13)25-17(28)12-27(10-6-9-26(3)4)18(29)15-7-5-8-16(11-15)20(21,22)23/h5,7-8,11H,6,9-10,12H2,1-4H3,(H,24,25,28). The largest absolute Gasteiger partial charge is 0.416 e. The number of benzene rings is 1. The van der Waals surface area contributed by atoms with Gasteiger partial charge in [-0.1, -0.05) is 6.07 Å². The molecule has 0 radical (unpaired) electrons. The molecular formula is C20H25F3N4O2S. The lowest BCUT2D eigenvalue weighted by atomic mass is 10.1. The van der Waals surface area contributed by atoms with Gasteiger partial charge in [0.05, 0.1) is 11.3 Å². The second-order valence-corrected chi connectivity index (χ2v) is 8.37. The first-order valence-corrected chi connectivity index (χ1v) is 10.1. The van der Waals surface area contributed by atoms with Gasteiger partial charge in [0.2, 0.25) is 5.91 Å². The number of hydrogen-bond donors (Lipinski definition) is 1. The SMILES string of the molecule is Cc1nc(NC(=O)CN(CCCN(C)C)C(=O)c2cccc(C(F)(F)F)c2)sc1C. The van der Waals surface area contributed by atoms with Crippen LogP contribution in [-0.2, 0) is 11.0 Å². The minimum Gasteiger partial charge on any atom is -0.329 e. The molecule has 0 aliphatic rings. The third-order valence-corrected chi connectivity index (χ3v) is 5.36. The van der Waals surface area contributed by atoms with E-state index < -0.39 is 23.6 Å². The van der Waals surface area contributed by atoms with Crippen LogP contribution in [0.25, 0.3) is 0 Å². The fourth-order valence-corrected chi connectivity index (χ4v) is 3.53. The molecule has 1 N–H and O–H groups in total. The van der Waals surface area contributed by atoms with Gasteiger partial charge in [-0.3, -0.25) is 9.59 Å². The molecule has 2 aromatic rings. The van der Waals surface area contributed by atoms with Crippen molar-refractivity contribution in [3.8, 4) is 0 Å². The number of amides is 2. The Morgan fingerprint density at radius 3 is 2.43 bits per heavy atom. The summed E-state index contributed by atoms with van der Waals surface area (Å²) in [4.78, 5) is 33.8. The van der Waals surface area contributed by atoms with E-state index in [9.17, 15) is 22.8 Å². The maximum absolute atomic E-state index is 13.0. The van der Waals surface area contributed by atoms with Gasteiger partial charge >= 0.3 is 6.18 Å². The summed E-state index contributed by atoms with van der Waals surface area (Å²) in [6, 6.07) is 4.23. The van der Waals surface area contributed by atoms with E-state index in [1.807, 2.05) is 32.8 Å². The molecule has 0 saturated carbocycles. The second kappa shape index (κ2) is 10.0. The highest BCUT2D eigenvalue weighted by Crippen LogP contribution is 2.29. The highest BCUT2D eigenvalue weighted by molar-refractivity contribution is 7.15. The average Bonchev–Trinajstić information content (AvgIpc) is 2.96. The summed E-state index contributed by atoms with van der Waals surface area (Å²) in [7, 11) is 3.75. The van der Waals surface area contributed by atoms with E-state index >= 15 is 0 Å². The zero-order valence-electron chi connectivity index (χ0n) is 17.3. The Morgan fingerprint density at radius 1 is 1.17 bits per heavy atom. The number of carbonyl (C=O) groups is 2. The van der Waals surface area contributed by atoms with Crippen LogP contribution < -0.4 is 5.32 Å². The molecule has 6 nitrogen and oxygen atoms in total. The average molecular weight is 443 g/mol. The number of aromatic nitrogens is 1. The molecule has 1 heterocycles. The predicted molar refractivity (Wildman–Crippen MR) is 111 cm³/mol. The molecule has 0 atom stereocenters. The Morgan fingerprint density at radius 2 is 1.87 bits per heavy atom. The summed E-state index contributed by atoms with van der Waals surface area (Å²) in [5, 5.41) is 3.09. The van der Waals surface area contributed by atoms with Crippen molar-refractivity contribution in [1.82, 2.24) is 14.8 Å². The molecule has 0 saturated heterocycles. The Kier molecular flexibility index (Phi) is 7.96. The van der Waals surface area contributed by atoms with Gasteiger partial charge in [0.15, 0.2) is 5.13 Å². The molecule has 1 aromatic carbocycles. The molecule has 0 spiro atoms. The Balaban J connectivity index is 2.17. The van der Waals surface area contributed by atoms with Crippen molar-refractivity contribution in [2.45, 2.75) is 26.4 Å². The molecule has 2 rings (SSSR count). The van der Waals surface area contributed by atoms with E-state index in [4.69, 9.17) is 0 Å². The monoisotopic (exact) mass is 442 g/mol. The second-order valence-electron chi connectivity index (χ2n) is 7.17. The van der Waals surface area contributed by atoms with E-state index in [0.29, 0.717) is 18.1 Å². The van der Waals surface area contributed by atoms with Crippen molar-refractivity contribution in [1.29, 1.82) is 0 Å². The molecule has 1 aromatic heterocycles. The molecule has 0 bridgehead atoms. The number of nitrogens with zero attached hydrogens (tertiary/aromatic N) is 3. The van der Waals surface area contributed by atoms with Crippen LogP contribution in [0.4, 0.5) is 18.3 Å². The number of aryl methyl sites for hydroxylation is 2. The lowest BCUT2D eigenvalue weighted by Gasteiger charge is -2.23. The van der Waals surface area contributed by atoms with Crippen LogP contribution in [-0.4, -0.2) is 60.3 Å². The molecular weight excluding hydrogens is 417 g/mol. The Hall–Kier alpha value is -2.46. The number of thiazole rings is 1. The van der Waals surface area contributed by atoms with Crippen molar-refractivity contribution in [3.05, 3.63) is 46.0 Å². The predicted octanol–water partition coefficient (Wildman–Crippen LogP) is 3.81. The molecule has 30 heavy (non-hydrogen) atoms. The van der Waals surface area contributed by atoms with Crippen molar-refractivity contribution < 1.29 is 22.8 Å². The Labute approximate surface area is 177 Å². The van der Waals surface area contributed by atoms with Crippen molar-refractivity contribution in [3.63, 3.8) is 0 Å². The highest BCUT2D eigenvalue weighted by atomic mass is 32.1. The zero-order valence-corrected chi connectivity index (χ0v) is 18.2. The number of rotatable bonds is 8. The minimum absolute atomic E-state index is 0.108. The van der Waals surface area contributed by atoms with Crippen molar-refractivity contribution in [2.75, 3.05) is 39.0 Å². The molecule has 0 aliphatic heterocycles. The molecule has 0 fully saturated rings. The number of alkyl halides is 3. The molecule has 164 valence electrons. The molecule has 0 unspecified atom stereocenters. The first-order valence-electron chi connectivity index (χ1n) is 9.32. The van der Waals surface area contributed by atoms with Crippen LogP contribution in [0, 0.1) is 13.8 Å². The highest BCUT2D eigenvalue weighted by Gasteiger charge is 2.31. The smallest absolute Gasteiger partial charge is 0.329 e. The van der Waals surface area contributed by atoms with Crippen molar-refractivity contribution >= 4 is 28.3 Å². The van der Waals surface area contributed by atoms with Gasteiger partial charge in [0.25, 0.3) is 5.91 Å². The first-order chi connectivity index (χ1) is 14.0. The third-order valence-electron chi connectivity index (χ3n) is 4.37. The van der Waals surface area contributed by atoms with Crippen LogP contribution in [0.15, 0.2) is 24.3 Å². The van der Waals surface area contributed by atoms with Gasteiger partial charge in [-0.05, 0) is 59.1 Å². The summed E-state index contributed by atoms with van der Waals surface area (Å²) >= 11 is 1.32. The number of hydrogen-bond acceptors (Lipinski definition) is 5. The van der Waals surface area contributed by atoms with E-state index in [1.165, 1.54) is 28.4 Å². The topological polar surface area (TPSA) is 65.5 Å². The van der Waals surface area contributed by atoms with Crippen LogP contribution in [0.1, 0.15) is 32.9 Å². The quantitative estimate of drug-likeness (QED) is 0.675. The maximum Gasteiger partial charge on any atom is 0.416 e. The lowest BCUT2D eigenvalue weighted by molar-refractivity contribution is -0.137. The summed E-state index contributed by atoms with van der Waals surface area (Å²) in [5.41, 5.74) is -0.207. The van der Waals surface area contributed by atoms with Gasteiger partial charge in [-0.15, -0.1) is 11.3 Å². The van der Waals surface area contributed by atoms with E-state index in [2.05, 4.69) is 10.3 Å². The molecule has 2 amide bonds. The zero-order chi connectivity index (χ0) is 22.5. The Bertz CT molecular complexity index is 877. The normalized spacial score (nSPS) is 11.6. The van der Waals surface area contributed by atoms with E-state index in [-0.39, 0.29) is 18.7 Å². The number of halogens is 3. The van der Waals surface area contributed by atoms with Gasteiger partial charge < -0.3 is 15.1 Å². The summed E-state index contributed by atoms with van der Waals surface area (Å²) in [5.74, 6) is -1.07. The van der Waals surface area contributed by atoms with E-state index in [0.717, 1.165) is 22.7 Å². The van der Waals surface area contributed by atoms with Crippen LogP contribution in [0.3, 0.4) is 0 Å². The first kappa shape index (κ1) is 23.8. The summed E-state index contributed by atoms with van der Waals surface area (Å²) in [6.07, 6.45) is -3.98. The lowest BCUT2D eigenvalue weighted by Crippen LogP contribution is -2.39. The summed E-state index contributed by atoms with van der Waals surface area (Å²) < 4.78 is 39.0. The van der Waals surface area contributed by atoms with Crippen molar-refractivity contribution in [2.24, 2.45) is 0 Å². The molecule has 0 aliphatic carbocycles. The summed E-state index contributed by atoms with van der Waals surface area (Å²) in [6.45, 7) is 4.33. The number of anilines is 1. The van der Waals surface area contributed by atoms with Crippen LogP contribution in [0.5, 0.6) is 0 Å². The van der Waals surface area contributed by atoms with Gasteiger partial charge in [-0.2, -0.15) is 13.2 Å². The fraction of sp³-hybridized carbons (Fsp3) is 0.450. The minimum atomic E-state index is -4.55. The van der Waals surface area contributed by atoms with Gasteiger partial charge in [0, 0.05) is 17.0 Å². The van der Waals surface area contributed by atoms with Crippen LogP contribution in [0.2, 0.25) is 0 Å². The third kappa shape index (κ3) is 6.81. The van der Waals surface area contributed by atoms with Gasteiger partial charge in [0.1, 0.15) is 6.54 Å². The van der Waals surface area contributed by atoms with Crippen LogP contribution >= 0.6 is 11.3 Å². The van der Waals surface area contributed by atoms with E-state index in [1.54, 1.807) is 0 Å². The maximum atomic E-state index is 13.0. The number of nitrogens with one attached hydrogen (secondary N) is 1. The fourth-order valence-electron chi connectivity index (χ4n) is 2.70. The molecule has 10 heteroatoms.